The van der Waals surface area contributed by atoms with E-state index < -0.39 is 179 Å². The molecule has 0 radical (unpaired) electrons. The van der Waals surface area contributed by atoms with Gasteiger partial charge in [-0.15, -0.1) is 0 Å². The van der Waals surface area contributed by atoms with Crippen molar-refractivity contribution in [3.63, 3.8) is 0 Å². The Hall–Kier alpha value is -8.50. The predicted molar refractivity (Wildman–Crippen MR) is 492 cm³/mol. The Balaban J connectivity index is 0.000000271. The zero-order chi connectivity index (χ0) is 99.9. The topological polar surface area (TPSA) is 143 Å². The summed E-state index contributed by atoms with van der Waals surface area (Å²) in [5.74, 6) is -8.16. The highest BCUT2D eigenvalue weighted by Gasteiger charge is 2.51. The Kier molecular flexibility index (Phi) is 35.2. The Bertz CT molecular complexity index is 4950. The number of hydrogen-bond acceptors (Lipinski definition) is 9. The molecular weight excluding hydrogens is 1860 g/mol. The van der Waals surface area contributed by atoms with Crippen LogP contribution in [0.1, 0.15) is 175 Å². The summed E-state index contributed by atoms with van der Waals surface area (Å²) in [5.41, 5.74) is -3.08. The van der Waals surface area contributed by atoms with Gasteiger partial charge in [0.15, 0.2) is 17.5 Å². The first-order chi connectivity index (χ1) is 60.2. The first-order valence-corrected chi connectivity index (χ1v) is 54.1. The van der Waals surface area contributed by atoms with Crippen molar-refractivity contribution in [3.8, 4) is 34.5 Å². The van der Waals surface area contributed by atoms with Crippen LogP contribution in [0, 0.1) is 34.9 Å². The molecule has 0 fully saturated rings. The summed E-state index contributed by atoms with van der Waals surface area (Å²) in [4.78, 5) is 0. The van der Waals surface area contributed by atoms with Gasteiger partial charge in [-0.3, -0.25) is 0 Å². The Morgan fingerprint density at radius 1 is 0.288 bits per heavy atom. The second-order valence-electron chi connectivity index (χ2n) is 39.6. The number of ether oxygens (including phenoxy) is 3. The van der Waals surface area contributed by atoms with E-state index in [4.69, 9.17) is 13.3 Å². The number of nitrogens with one attached hydrogen (secondary N) is 3. The zero-order valence-corrected chi connectivity index (χ0v) is 83.6. The van der Waals surface area contributed by atoms with E-state index in [0.29, 0.717) is 34.9 Å². The number of rotatable bonds is 33. The van der Waals surface area contributed by atoms with E-state index in [1.165, 1.54) is 36.4 Å². The van der Waals surface area contributed by atoms with Crippen molar-refractivity contribution in [1.29, 1.82) is 0 Å². The monoisotopic (exact) mass is 1980 g/mol. The summed E-state index contributed by atoms with van der Waals surface area (Å²) in [6, 6.07) is 46.0. The molecule has 726 valence electrons. The lowest BCUT2D eigenvalue weighted by molar-refractivity contribution is -0.253. The van der Waals surface area contributed by atoms with Crippen molar-refractivity contribution >= 4 is 57.9 Å². The summed E-state index contributed by atoms with van der Waals surface area (Å²) in [5, 5.41) is -0.713. The molecule has 1 unspecified atom stereocenters. The van der Waals surface area contributed by atoms with Crippen molar-refractivity contribution in [3.05, 3.63) is 285 Å². The van der Waals surface area contributed by atoms with E-state index in [9.17, 15) is 65.3 Å². The molecule has 9 rings (SSSR count). The van der Waals surface area contributed by atoms with Crippen LogP contribution in [0.4, 0.5) is 79.0 Å². The van der Waals surface area contributed by atoms with Gasteiger partial charge >= 0.3 is 37.6 Å². The van der Waals surface area contributed by atoms with Crippen LogP contribution in [0.15, 0.2) is 200 Å². The van der Waals surface area contributed by atoms with E-state index in [2.05, 4.69) is 28.4 Å². The molecule has 9 aromatic rings. The highest BCUT2D eigenvalue weighted by Crippen LogP contribution is 2.48. The second-order valence-corrected chi connectivity index (χ2v) is 59.7. The average molecular weight is 1980 g/mol. The quantitative estimate of drug-likeness (QED) is 0.0271. The summed E-state index contributed by atoms with van der Waals surface area (Å²) in [6.07, 6.45) is -27.5. The van der Waals surface area contributed by atoms with Crippen LogP contribution in [0.5, 0.6) is 34.5 Å². The van der Waals surface area contributed by atoms with Crippen LogP contribution in [0.3, 0.4) is 0 Å². The molecule has 0 saturated carbocycles. The lowest BCUT2D eigenvalue weighted by atomic mass is 9.78. The molecule has 0 aliphatic rings. The molecule has 0 aromatic heterocycles. The van der Waals surface area contributed by atoms with Crippen molar-refractivity contribution in [1.82, 2.24) is 14.2 Å². The lowest BCUT2D eigenvalue weighted by Gasteiger charge is -2.39. The molecule has 0 amide bonds. The third-order valence-electron chi connectivity index (χ3n) is 22.8. The highest BCUT2D eigenvalue weighted by atomic mass is 32.2. The van der Waals surface area contributed by atoms with Gasteiger partial charge in [-0.1, -0.05) is 172 Å². The fourth-order valence-electron chi connectivity index (χ4n) is 12.3. The number of alkyl halides is 12. The van der Waals surface area contributed by atoms with Crippen molar-refractivity contribution in [2.45, 2.75) is 267 Å². The Morgan fingerprint density at radius 3 is 0.667 bits per heavy atom. The summed E-state index contributed by atoms with van der Waals surface area (Å²) in [6.45, 7) is 44.9. The van der Waals surface area contributed by atoms with E-state index >= 15 is 26.3 Å². The number of benzene rings is 9. The minimum absolute atomic E-state index is 0.00858. The van der Waals surface area contributed by atoms with Gasteiger partial charge in [-0.05, 0) is 259 Å². The van der Waals surface area contributed by atoms with E-state index in [-0.39, 0.29) is 85.0 Å². The highest BCUT2D eigenvalue weighted by molar-refractivity contribution is 7.85. The van der Waals surface area contributed by atoms with Crippen LogP contribution in [-0.4, -0.2) is 89.4 Å². The van der Waals surface area contributed by atoms with Gasteiger partial charge in [-0.25, -0.2) is 53.1 Å². The zero-order valence-electron chi connectivity index (χ0n) is 78.1. The van der Waals surface area contributed by atoms with Crippen LogP contribution in [-0.2, 0) is 68.8 Å². The van der Waals surface area contributed by atoms with Crippen LogP contribution in [0.25, 0.3) is 0 Å². The maximum absolute atomic E-state index is 15.9. The first kappa shape index (κ1) is 111. The third-order valence-corrected chi connectivity index (χ3v) is 40.8. The summed E-state index contributed by atoms with van der Waals surface area (Å²) >= 11 is 0. The fourth-order valence-corrected chi connectivity index (χ4v) is 18.1. The molecule has 0 spiro atoms. The molecule has 0 saturated heterocycles. The average Bonchev–Trinajstić information content (AvgIpc) is 0.755. The molecule has 3 N–H and O–H groups in total. The molecule has 36 heteroatoms. The fraction of sp³-hybridized carbons (Fsp3) is 0.438. The maximum Gasteiger partial charge on any atom is 0.461 e. The normalized spacial score (nSPS) is 15.2. The van der Waals surface area contributed by atoms with Crippen molar-refractivity contribution in [2.24, 2.45) is 0 Å². The van der Waals surface area contributed by atoms with Gasteiger partial charge in [-0.2, -0.15) is 52.7 Å². The molecule has 12 nitrogen and oxygen atoms in total. The van der Waals surface area contributed by atoms with E-state index in [1.807, 2.05) is 102 Å². The first-order valence-electron chi connectivity index (χ1n) is 41.9. The van der Waals surface area contributed by atoms with E-state index in [1.54, 1.807) is 153 Å². The molecule has 0 heterocycles. The molecule has 6 atom stereocenters. The second kappa shape index (κ2) is 42.0. The molecular formula is C96H117F18N3O9S3Si3. The van der Waals surface area contributed by atoms with Crippen molar-refractivity contribution < 1.29 is 119 Å². The summed E-state index contributed by atoms with van der Waals surface area (Å²) in [7, 11) is -13.1. The van der Waals surface area contributed by atoms with Gasteiger partial charge in [0.2, 0.25) is 0 Å². The third kappa shape index (κ3) is 28.3. The minimum atomic E-state index is -4.91. The van der Waals surface area contributed by atoms with Gasteiger partial charge in [0.05, 0.1) is 63.8 Å². The molecule has 132 heavy (non-hydrogen) atoms. The predicted octanol–water partition coefficient (Wildman–Crippen LogP) is 27.4. The SMILES string of the molecule is CC(C)(C)[S@@](=O)NC(Cc1ccccc1)(c1cc(F)cc(OC(F)(F)C(F)F)c1)c1ccc(O[Si](C)(C)C(C)(C)C)c(F)c1.CC(C)(C)[S@@](=O)N[C@@](Cc1ccccc1)(c1cc(F)cc(OC(F)(F)C(F)F)c1)c1ccc(O[Si](C)(C)C(C)(C)C)c(F)c1.CC(C)(C)[S@@](=O)N[C@](Cc1ccccc1)(c1cc(F)cc(OC(F)(F)C(F)F)c1)c1ccc(O[Si](C)(C)C(C)(C)C)c(F)c1. The van der Waals surface area contributed by atoms with Crippen LogP contribution in [0.2, 0.25) is 54.4 Å². The van der Waals surface area contributed by atoms with Gasteiger partial charge in [0.25, 0.3) is 25.0 Å². The minimum Gasteiger partial charge on any atom is -0.542 e. The molecule has 0 aliphatic heterocycles. The molecule has 9 aromatic carbocycles. The maximum atomic E-state index is 15.9. The van der Waals surface area contributed by atoms with Crippen LogP contribution >= 0.6 is 0 Å². The largest absolute Gasteiger partial charge is 0.542 e. The van der Waals surface area contributed by atoms with Gasteiger partial charge in [0, 0.05) is 18.2 Å². The molecule has 0 bridgehead atoms. The van der Waals surface area contributed by atoms with Gasteiger partial charge < -0.3 is 27.5 Å². The number of hydrogen-bond donors (Lipinski definition) is 3. The van der Waals surface area contributed by atoms with E-state index in [0.717, 1.165) is 54.6 Å². The Morgan fingerprint density at radius 2 is 0.492 bits per heavy atom. The summed E-state index contributed by atoms with van der Waals surface area (Å²) < 4.78 is 333. The lowest BCUT2D eigenvalue weighted by Crippen LogP contribution is -2.50. The van der Waals surface area contributed by atoms with Crippen LogP contribution < -0.4 is 41.7 Å². The number of halogens is 18. The van der Waals surface area contributed by atoms with Gasteiger partial charge in [0.1, 0.15) is 51.9 Å². The smallest absolute Gasteiger partial charge is 0.461 e. The Labute approximate surface area is 773 Å². The van der Waals surface area contributed by atoms with Crippen molar-refractivity contribution in [2.75, 3.05) is 0 Å². The standard InChI is InChI=1S/3C32H39F6NO3SSi/c3*1-29(2,3)43(40)39-31(20-21-12-10-9-11-13-21,23-16-24(33)19-25(17-23)41-32(37,38)28(35)36)22-14-15-27(26(34)18-22)42-44(7,8)30(4,5)6/h3*9-19,28,39H,20H2,1-8H3/t31?,43-;31-,43+;31-,43-/m101/s1. The molecule has 0 aliphatic carbocycles.